The van der Waals surface area contributed by atoms with Crippen molar-refractivity contribution in [1.82, 2.24) is 19.8 Å². The molecule has 166 valence electrons. The predicted octanol–water partition coefficient (Wildman–Crippen LogP) is 4.44. The summed E-state index contributed by atoms with van der Waals surface area (Å²) < 4.78 is 13.4. The van der Waals surface area contributed by atoms with Crippen molar-refractivity contribution < 1.29 is 9.47 Å². The Balaban J connectivity index is 0.00000341. The van der Waals surface area contributed by atoms with Crippen molar-refractivity contribution in [3.63, 3.8) is 0 Å². The molecule has 0 fully saturated rings. The zero-order valence-electron chi connectivity index (χ0n) is 18.4. The van der Waals surface area contributed by atoms with Gasteiger partial charge in [0.05, 0.1) is 13.2 Å². The summed E-state index contributed by atoms with van der Waals surface area (Å²) in [4.78, 5) is 10.8. The molecule has 3 aromatic rings. The molecule has 2 aromatic heterocycles. The summed E-state index contributed by atoms with van der Waals surface area (Å²) in [7, 11) is 5.86. The monoisotopic (exact) mass is 535 g/mol. The second-order valence-electron chi connectivity index (χ2n) is 6.88. The lowest BCUT2D eigenvalue weighted by molar-refractivity contribution is 0.339. The van der Waals surface area contributed by atoms with Crippen LogP contribution >= 0.6 is 24.0 Å². The molecule has 2 heterocycles. The summed E-state index contributed by atoms with van der Waals surface area (Å²) >= 11 is 0. The van der Waals surface area contributed by atoms with Gasteiger partial charge in [-0.25, -0.2) is 4.98 Å². The van der Waals surface area contributed by atoms with E-state index in [0.717, 1.165) is 23.8 Å². The number of aliphatic imine (C=N–C) groups is 1. The van der Waals surface area contributed by atoms with Crippen LogP contribution in [-0.4, -0.2) is 41.1 Å². The number of nitrogens with zero attached hydrogens (tertiary/aromatic N) is 4. The second-order valence-corrected chi connectivity index (χ2v) is 6.88. The van der Waals surface area contributed by atoms with E-state index >= 15 is 0 Å². The molecule has 0 spiro atoms. The van der Waals surface area contributed by atoms with Gasteiger partial charge in [0.2, 0.25) is 5.88 Å². The molecule has 0 aliphatic rings. The molecular formula is C23H30IN5O2. The Labute approximate surface area is 201 Å². The third kappa shape index (κ3) is 7.16. The van der Waals surface area contributed by atoms with Gasteiger partial charge in [-0.3, -0.25) is 4.99 Å². The third-order valence-electron chi connectivity index (χ3n) is 4.63. The van der Waals surface area contributed by atoms with Gasteiger partial charge >= 0.3 is 0 Å². The van der Waals surface area contributed by atoms with Crippen molar-refractivity contribution in [3.8, 4) is 17.4 Å². The van der Waals surface area contributed by atoms with Crippen LogP contribution in [0.1, 0.15) is 18.2 Å². The molecule has 0 bridgehead atoms. The van der Waals surface area contributed by atoms with Crippen LogP contribution < -0.4 is 14.8 Å². The van der Waals surface area contributed by atoms with E-state index < -0.39 is 0 Å². The van der Waals surface area contributed by atoms with Crippen LogP contribution in [0.3, 0.4) is 0 Å². The topological polar surface area (TPSA) is 63.9 Å². The molecule has 0 saturated heterocycles. The van der Waals surface area contributed by atoms with Gasteiger partial charge < -0.3 is 24.3 Å². The highest BCUT2D eigenvalue weighted by molar-refractivity contribution is 14.0. The van der Waals surface area contributed by atoms with Crippen molar-refractivity contribution in [1.29, 1.82) is 0 Å². The maximum absolute atomic E-state index is 5.88. The van der Waals surface area contributed by atoms with E-state index in [2.05, 4.69) is 30.8 Å². The van der Waals surface area contributed by atoms with E-state index in [0.29, 0.717) is 24.8 Å². The fourth-order valence-corrected chi connectivity index (χ4v) is 3.05. The molecule has 0 amide bonds. The number of guanidine groups is 1. The Morgan fingerprint density at radius 3 is 2.55 bits per heavy atom. The molecule has 0 atom stereocenters. The van der Waals surface area contributed by atoms with Crippen molar-refractivity contribution in [2.45, 2.75) is 20.0 Å². The van der Waals surface area contributed by atoms with Gasteiger partial charge in [0.15, 0.2) is 5.96 Å². The van der Waals surface area contributed by atoms with Gasteiger partial charge in [-0.15, -0.1) is 24.0 Å². The number of nitrogens with one attached hydrogen (secondary N) is 1. The summed E-state index contributed by atoms with van der Waals surface area (Å²) in [6, 6.07) is 15.6. The van der Waals surface area contributed by atoms with E-state index in [1.807, 2.05) is 69.7 Å². The van der Waals surface area contributed by atoms with Gasteiger partial charge in [-0.1, -0.05) is 0 Å². The highest BCUT2D eigenvalue weighted by atomic mass is 127. The Morgan fingerprint density at radius 2 is 1.90 bits per heavy atom. The zero-order chi connectivity index (χ0) is 21.3. The average Bonchev–Trinajstić information content (AvgIpc) is 3.15. The third-order valence-corrected chi connectivity index (χ3v) is 4.63. The summed E-state index contributed by atoms with van der Waals surface area (Å²) in [6.07, 6.45) is 3.79. The van der Waals surface area contributed by atoms with Crippen LogP contribution in [0.25, 0.3) is 0 Å². The largest absolute Gasteiger partial charge is 0.494 e. The molecular weight excluding hydrogens is 505 g/mol. The highest BCUT2D eigenvalue weighted by Gasteiger charge is 2.09. The van der Waals surface area contributed by atoms with Crippen molar-refractivity contribution in [2.24, 2.45) is 12.0 Å². The van der Waals surface area contributed by atoms with E-state index in [-0.39, 0.29) is 24.0 Å². The molecule has 7 nitrogen and oxygen atoms in total. The molecule has 0 unspecified atom stereocenters. The van der Waals surface area contributed by atoms with Crippen molar-refractivity contribution >= 4 is 29.9 Å². The number of aromatic nitrogens is 2. The van der Waals surface area contributed by atoms with E-state index in [1.54, 1.807) is 13.2 Å². The van der Waals surface area contributed by atoms with Gasteiger partial charge in [0, 0.05) is 51.8 Å². The zero-order valence-corrected chi connectivity index (χ0v) is 20.7. The Bertz CT molecular complexity index is 972. The second kappa shape index (κ2) is 12.2. The molecule has 0 saturated carbocycles. The number of hydrogen-bond acceptors (Lipinski definition) is 4. The number of ether oxygens (including phenoxy) is 2. The van der Waals surface area contributed by atoms with E-state index in [1.165, 1.54) is 5.69 Å². The summed E-state index contributed by atoms with van der Waals surface area (Å²) in [5, 5.41) is 3.40. The molecule has 1 aromatic carbocycles. The van der Waals surface area contributed by atoms with Crippen LogP contribution in [-0.2, 0) is 20.1 Å². The lowest BCUT2D eigenvalue weighted by atomic mass is 10.2. The maximum Gasteiger partial charge on any atom is 0.219 e. The average molecular weight is 535 g/mol. The highest BCUT2D eigenvalue weighted by Crippen LogP contribution is 2.23. The normalized spacial score (nSPS) is 10.9. The summed E-state index contributed by atoms with van der Waals surface area (Å²) in [5.41, 5.74) is 2.27. The van der Waals surface area contributed by atoms with Crippen molar-refractivity contribution in [2.75, 3.05) is 20.7 Å². The first-order chi connectivity index (χ1) is 14.6. The minimum absolute atomic E-state index is 0. The van der Waals surface area contributed by atoms with E-state index in [4.69, 9.17) is 9.47 Å². The maximum atomic E-state index is 5.88. The summed E-state index contributed by atoms with van der Waals surface area (Å²) in [6.45, 7) is 3.99. The Hall–Kier alpha value is -2.75. The lowest BCUT2D eigenvalue weighted by Gasteiger charge is -2.22. The van der Waals surface area contributed by atoms with Crippen LogP contribution in [0.2, 0.25) is 0 Å². The quantitative estimate of drug-likeness (QED) is 0.263. The number of rotatable bonds is 8. The molecule has 3 rings (SSSR count). The minimum atomic E-state index is 0. The number of halogens is 1. The molecule has 1 N–H and O–H groups in total. The first-order valence-corrected chi connectivity index (χ1v) is 9.96. The standard InChI is InChI=1S/C23H29N5O2.HI/c1-5-29-20-8-10-21(11-9-20)30-22-15-18(12-13-25-22)16-26-23(24-2)28(4)17-19-7-6-14-27(19)3;/h6-15H,5,16-17H2,1-4H3,(H,24,26);1H. The Kier molecular flexibility index (Phi) is 9.64. The van der Waals surface area contributed by atoms with Gasteiger partial charge in [-0.05, 0) is 55.0 Å². The predicted molar refractivity (Wildman–Crippen MR) is 134 cm³/mol. The van der Waals surface area contributed by atoms with Crippen LogP contribution in [0.15, 0.2) is 65.9 Å². The first kappa shape index (κ1) is 24.5. The van der Waals surface area contributed by atoms with Crippen molar-refractivity contribution in [3.05, 3.63) is 72.2 Å². The van der Waals surface area contributed by atoms with E-state index in [9.17, 15) is 0 Å². The molecule has 8 heteroatoms. The van der Waals surface area contributed by atoms with Crippen LogP contribution in [0, 0.1) is 0 Å². The SMILES string of the molecule is CCOc1ccc(Oc2cc(CNC(=NC)N(C)Cc3cccn3C)ccn2)cc1.I. The minimum Gasteiger partial charge on any atom is -0.494 e. The molecule has 0 aliphatic carbocycles. The molecule has 0 aliphatic heterocycles. The molecule has 31 heavy (non-hydrogen) atoms. The molecule has 0 radical (unpaired) electrons. The van der Waals surface area contributed by atoms with Gasteiger partial charge in [-0.2, -0.15) is 0 Å². The fraction of sp³-hybridized carbons (Fsp3) is 0.304. The van der Waals surface area contributed by atoms with Crippen LogP contribution in [0.5, 0.6) is 17.4 Å². The summed E-state index contributed by atoms with van der Waals surface area (Å²) in [5.74, 6) is 2.91. The number of benzene rings is 1. The number of pyridine rings is 1. The first-order valence-electron chi connectivity index (χ1n) is 9.96. The Morgan fingerprint density at radius 1 is 1.16 bits per heavy atom. The fourth-order valence-electron chi connectivity index (χ4n) is 3.05. The smallest absolute Gasteiger partial charge is 0.219 e. The number of hydrogen-bond donors (Lipinski definition) is 1. The van der Waals surface area contributed by atoms with Crippen LogP contribution in [0.4, 0.5) is 0 Å². The lowest BCUT2D eigenvalue weighted by Crippen LogP contribution is -2.38. The number of aryl methyl sites for hydroxylation is 1. The van der Waals surface area contributed by atoms with Gasteiger partial charge in [0.25, 0.3) is 0 Å². The van der Waals surface area contributed by atoms with Gasteiger partial charge in [0.1, 0.15) is 11.5 Å².